The van der Waals surface area contributed by atoms with Gasteiger partial charge in [-0.3, -0.25) is 0 Å². The standard InChI is InChI=1S/C36H25F3N2/c37-36(38,39)26-21-19-25(20-22-26)35(31-23-40(27-11-3-1-4-12-27)33-17-9-7-15-29(31)33)32-24-41(28-13-5-2-6-14-28)34-18-10-8-16-30(32)34/h1-24,35H. The molecule has 0 spiro atoms. The number of nitrogens with zero attached hydrogens (tertiary/aromatic N) is 2. The third-order valence-corrected chi connectivity index (χ3v) is 7.75. The average Bonchev–Trinajstić information content (AvgIpc) is 3.58. The molecule has 0 saturated carbocycles. The molecule has 0 radical (unpaired) electrons. The maximum atomic E-state index is 13.6. The van der Waals surface area contributed by atoms with Gasteiger partial charge in [0.15, 0.2) is 0 Å². The fourth-order valence-electron chi connectivity index (χ4n) is 5.87. The SMILES string of the molecule is FC(F)(F)c1ccc(C(c2cn(-c3ccccc3)c3ccccc23)c2cn(-c3ccccc3)c3ccccc23)cc1. The summed E-state index contributed by atoms with van der Waals surface area (Å²) in [5, 5.41) is 2.11. The minimum atomic E-state index is -4.40. The Morgan fingerprint density at radius 3 is 1.32 bits per heavy atom. The number of halogens is 3. The highest BCUT2D eigenvalue weighted by Crippen LogP contribution is 2.43. The van der Waals surface area contributed by atoms with E-state index in [9.17, 15) is 13.2 Å². The normalized spacial score (nSPS) is 12.0. The van der Waals surface area contributed by atoms with Crippen LogP contribution in [0.25, 0.3) is 33.2 Å². The van der Waals surface area contributed by atoms with Crippen molar-refractivity contribution in [3.63, 3.8) is 0 Å². The molecule has 5 aromatic carbocycles. The number of rotatable bonds is 5. The summed E-state index contributed by atoms with van der Waals surface area (Å²) in [6.45, 7) is 0. The number of para-hydroxylation sites is 4. The molecule has 7 aromatic rings. The van der Waals surface area contributed by atoms with Crippen molar-refractivity contribution in [1.29, 1.82) is 0 Å². The van der Waals surface area contributed by atoms with Gasteiger partial charge in [-0.15, -0.1) is 0 Å². The number of hydrogen-bond acceptors (Lipinski definition) is 0. The number of benzene rings is 5. The highest BCUT2D eigenvalue weighted by Gasteiger charge is 2.31. The Labute approximate surface area is 235 Å². The molecule has 0 aliphatic rings. The van der Waals surface area contributed by atoms with Crippen molar-refractivity contribution in [2.24, 2.45) is 0 Å². The van der Waals surface area contributed by atoms with Crippen molar-refractivity contribution >= 4 is 21.8 Å². The minimum absolute atomic E-state index is 0.318. The van der Waals surface area contributed by atoms with E-state index in [1.165, 1.54) is 12.1 Å². The number of hydrogen-bond donors (Lipinski definition) is 0. The summed E-state index contributed by atoms with van der Waals surface area (Å²) >= 11 is 0. The smallest absolute Gasteiger partial charge is 0.316 e. The first-order valence-electron chi connectivity index (χ1n) is 13.5. The zero-order chi connectivity index (χ0) is 28.0. The summed E-state index contributed by atoms with van der Waals surface area (Å²) in [5.41, 5.74) is 6.32. The summed E-state index contributed by atoms with van der Waals surface area (Å²) in [4.78, 5) is 0. The van der Waals surface area contributed by atoms with Crippen molar-refractivity contribution in [3.8, 4) is 11.4 Å². The first-order chi connectivity index (χ1) is 20.0. The van der Waals surface area contributed by atoms with Crippen LogP contribution in [0.15, 0.2) is 146 Å². The van der Waals surface area contributed by atoms with Gasteiger partial charge in [0.2, 0.25) is 0 Å². The molecule has 2 aromatic heterocycles. The molecule has 7 rings (SSSR count). The van der Waals surface area contributed by atoms with Crippen LogP contribution >= 0.6 is 0 Å². The molecule has 0 saturated heterocycles. The predicted molar refractivity (Wildman–Crippen MR) is 159 cm³/mol. The van der Waals surface area contributed by atoms with Crippen LogP contribution in [0.1, 0.15) is 28.2 Å². The van der Waals surface area contributed by atoms with Gasteiger partial charge in [-0.05, 0) is 65.2 Å². The van der Waals surface area contributed by atoms with Crippen LogP contribution in [0.5, 0.6) is 0 Å². The zero-order valence-electron chi connectivity index (χ0n) is 22.0. The van der Waals surface area contributed by atoms with E-state index < -0.39 is 11.7 Å². The number of aromatic nitrogens is 2. The molecular weight excluding hydrogens is 517 g/mol. The van der Waals surface area contributed by atoms with E-state index in [1.807, 2.05) is 60.7 Å². The molecule has 200 valence electrons. The Bertz CT molecular complexity index is 1850. The predicted octanol–water partition coefficient (Wildman–Crippen LogP) is 9.77. The first kappa shape index (κ1) is 25.0. The molecule has 2 nitrogen and oxygen atoms in total. The van der Waals surface area contributed by atoms with Crippen LogP contribution in [0, 0.1) is 0 Å². The Kier molecular flexibility index (Phi) is 6.01. The lowest BCUT2D eigenvalue weighted by Gasteiger charge is -2.18. The van der Waals surface area contributed by atoms with Gasteiger partial charge in [0.05, 0.1) is 16.6 Å². The lowest BCUT2D eigenvalue weighted by Crippen LogP contribution is -2.07. The van der Waals surface area contributed by atoms with Crippen molar-refractivity contribution in [2.75, 3.05) is 0 Å². The molecule has 0 bridgehead atoms. The molecule has 0 aliphatic carbocycles. The maximum Gasteiger partial charge on any atom is 0.416 e. The number of fused-ring (bicyclic) bond motifs is 2. The topological polar surface area (TPSA) is 9.86 Å². The van der Waals surface area contributed by atoms with Crippen LogP contribution in [-0.4, -0.2) is 9.13 Å². The first-order valence-corrected chi connectivity index (χ1v) is 13.5. The van der Waals surface area contributed by atoms with Gasteiger partial charge < -0.3 is 9.13 Å². The Hall–Kier alpha value is -5.03. The third-order valence-electron chi connectivity index (χ3n) is 7.75. The van der Waals surface area contributed by atoms with Crippen molar-refractivity contribution < 1.29 is 13.2 Å². The van der Waals surface area contributed by atoms with Crippen LogP contribution in [0.3, 0.4) is 0 Å². The second-order valence-corrected chi connectivity index (χ2v) is 10.2. The van der Waals surface area contributed by atoms with Gasteiger partial charge in [0.25, 0.3) is 0 Å². The van der Waals surface area contributed by atoms with Gasteiger partial charge in [-0.1, -0.05) is 84.9 Å². The highest BCUT2D eigenvalue weighted by molar-refractivity contribution is 5.91. The Morgan fingerprint density at radius 2 is 0.878 bits per heavy atom. The summed E-state index contributed by atoms with van der Waals surface area (Å²) in [6, 6.07) is 42.3. The van der Waals surface area contributed by atoms with Crippen LogP contribution in [0.2, 0.25) is 0 Å². The second-order valence-electron chi connectivity index (χ2n) is 10.2. The van der Waals surface area contributed by atoms with Crippen molar-refractivity contribution in [3.05, 3.63) is 168 Å². The molecule has 41 heavy (non-hydrogen) atoms. The molecule has 0 unspecified atom stereocenters. The van der Waals surface area contributed by atoms with E-state index in [-0.39, 0.29) is 5.92 Å². The molecule has 0 fully saturated rings. The van der Waals surface area contributed by atoms with Crippen molar-refractivity contribution in [2.45, 2.75) is 12.1 Å². The largest absolute Gasteiger partial charge is 0.416 e. The Morgan fingerprint density at radius 1 is 0.463 bits per heavy atom. The molecule has 0 amide bonds. The monoisotopic (exact) mass is 542 g/mol. The lowest BCUT2D eigenvalue weighted by molar-refractivity contribution is -0.137. The van der Waals surface area contributed by atoms with Crippen LogP contribution < -0.4 is 0 Å². The Balaban J connectivity index is 1.52. The minimum Gasteiger partial charge on any atom is -0.316 e. The van der Waals surface area contributed by atoms with Gasteiger partial charge >= 0.3 is 6.18 Å². The molecule has 5 heteroatoms. The molecule has 0 aliphatic heterocycles. The highest BCUT2D eigenvalue weighted by atomic mass is 19.4. The van der Waals surface area contributed by atoms with Gasteiger partial charge in [-0.2, -0.15) is 13.2 Å². The van der Waals surface area contributed by atoms with E-state index in [0.29, 0.717) is 0 Å². The molecule has 2 heterocycles. The summed E-state index contributed by atoms with van der Waals surface area (Å²) < 4.78 is 45.0. The maximum absolute atomic E-state index is 13.6. The van der Waals surface area contributed by atoms with E-state index >= 15 is 0 Å². The zero-order valence-corrected chi connectivity index (χ0v) is 22.0. The second kappa shape index (κ2) is 9.86. The van der Waals surface area contributed by atoms with Gasteiger partial charge in [0, 0.05) is 40.5 Å². The summed E-state index contributed by atoms with van der Waals surface area (Å²) in [7, 11) is 0. The van der Waals surface area contributed by atoms with Gasteiger partial charge in [-0.25, -0.2) is 0 Å². The summed E-state index contributed by atoms with van der Waals surface area (Å²) in [6.07, 6.45) is -0.130. The third kappa shape index (κ3) is 4.40. The van der Waals surface area contributed by atoms with Crippen molar-refractivity contribution in [1.82, 2.24) is 9.13 Å². The quantitative estimate of drug-likeness (QED) is 0.205. The van der Waals surface area contributed by atoms with E-state index in [0.717, 1.165) is 49.9 Å². The van der Waals surface area contributed by atoms with E-state index in [2.05, 4.69) is 70.1 Å². The fraction of sp³-hybridized carbons (Fsp3) is 0.0556. The molecular formula is C36H25F3N2. The number of alkyl halides is 3. The fourth-order valence-corrected chi connectivity index (χ4v) is 5.87. The molecule has 0 atom stereocenters. The lowest BCUT2D eigenvalue weighted by atomic mass is 9.84. The van der Waals surface area contributed by atoms with E-state index in [1.54, 1.807) is 12.1 Å². The van der Waals surface area contributed by atoms with E-state index in [4.69, 9.17) is 0 Å². The van der Waals surface area contributed by atoms with Crippen LogP contribution in [0.4, 0.5) is 13.2 Å². The van der Waals surface area contributed by atoms with Crippen LogP contribution in [-0.2, 0) is 6.18 Å². The average molecular weight is 543 g/mol. The molecule has 0 N–H and O–H groups in total. The van der Waals surface area contributed by atoms with Gasteiger partial charge in [0.1, 0.15) is 0 Å². The summed E-state index contributed by atoms with van der Waals surface area (Å²) in [5.74, 6) is -0.318.